The summed E-state index contributed by atoms with van der Waals surface area (Å²) in [4.78, 5) is 14.2. The van der Waals surface area contributed by atoms with E-state index in [0.717, 1.165) is 31.5 Å². The molecule has 1 amide bonds. The highest BCUT2D eigenvalue weighted by atomic mass is 32.2. The summed E-state index contributed by atoms with van der Waals surface area (Å²) in [7, 11) is -3.43. The van der Waals surface area contributed by atoms with E-state index in [0.29, 0.717) is 13.1 Å². The lowest BCUT2D eigenvalue weighted by Gasteiger charge is -2.25. The Morgan fingerprint density at radius 2 is 1.67 bits per heavy atom. The van der Waals surface area contributed by atoms with Gasteiger partial charge in [0.1, 0.15) is 0 Å². The molecule has 1 fully saturated rings. The van der Waals surface area contributed by atoms with Gasteiger partial charge in [-0.2, -0.15) is 4.31 Å². The van der Waals surface area contributed by atoms with Crippen LogP contribution in [0.15, 0.2) is 35.2 Å². The molecule has 1 aliphatic rings. The van der Waals surface area contributed by atoms with Gasteiger partial charge in [0.2, 0.25) is 15.9 Å². The molecule has 1 aromatic rings. The molecule has 0 aliphatic carbocycles. The molecule has 2 rings (SSSR count). The van der Waals surface area contributed by atoms with Crippen LogP contribution >= 0.6 is 0 Å². The lowest BCUT2D eigenvalue weighted by Crippen LogP contribution is -2.34. The van der Waals surface area contributed by atoms with Gasteiger partial charge in [-0.3, -0.25) is 4.79 Å². The Morgan fingerprint density at radius 3 is 2.21 bits per heavy atom. The number of likely N-dealkylation sites (tertiary alicyclic amines) is 1. The van der Waals surface area contributed by atoms with E-state index in [9.17, 15) is 13.2 Å². The van der Waals surface area contributed by atoms with Gasteiger partial charge in [0, 0.05) is 32.3 Å². The van der Waals surface area contributed by atoms with Gasteiger partial charge in [-0.05, 0) is 43.0 Å². The van der Waals surface area contributed by atoms with Crippen molar-refractivity contribution < 1.29 is 13.2 Å². The number of amides is 1. The van der Waals surface area contributed by atoms with Gasteiger partial charge >= 0.3 is 0 Å². The maximum absolute atomic E-state index is 12.4. The SMILES string of the molecule is CCN(CC)S(=O)(=O)c1ccc(/C=C/C(=O)N2CCCCC2)cc1. The van der Waals surface area contributed by atoms with Gasteiger partial charge in [0.15, 0.2) is 0 Å². The number of carbonyl (C=O) groups is 1. The molecule has 0 atom stereocenters. The lowest BCUT2D eigenvalue weighted by atomic mass is 10.1. The second-order valence-corrected chi connectivity index (χ2v) is 7.82. The fourth-order valence-corrected chi connectivity index (χ4v) is 4.31. The van der Waals surface area contributed by atoms with Crippen LogP contribution in [0.3, 0.4) is 0 Å². The van der Waals surface area contributed by atoms with Crippen LogP contribution < -0.4 is 0 Å². The number of hydrogen-bond acceptors (Lipinski definition) is 3. The second kappa shape index (κ2) is 8.44. The number of piperidine rings is 1. The van der Waals surface area contributed by atoms with Crippen molar-refractivity contribution in [3.05, 3.63) is 35.9 Å². The Hall–Kier alpha value is -1.66. The lowest BCUT2D eigenvalue weighted by molar-refractivity contribution is -0.126. The van der Waals surface area contributed by atoms with Crippen molar-refractivity contribution in [2.24, 2.45) is 0 Å². The summed E-state index contributed by atoms with van der Waals surface area (Å²) >= 11 is 0. The Morgan fingerprint density at radius 1 is 1.08 bits per heavy atom. The van der Waals surface area contributed by atoms with Crippen molar-refractivity contribution in [2.75, 3.05) is 26.2 Å². The fraction of sp³-hybridized carbons (Fsp3) is 0.500. The predicted molar refractivity (Wildman–Crippen MR) is 96.0 cm³/mol. The summed E-state index contributed by atoms with van der Waals surface area (Å²) in [5, 5.41) is 0. The summed E-state index contributed by atoms with van der Waals surface area (Å²) in [5.74, 6) is 0.0227. The second-order valence-electron chi connectivity index (χ2n) is 5.88. The third-order valence-corrected chi connectivity index (χ3v) is 6.37. The molecule has 1 aromatic carbocycles. The van der Waals surface area contributed by atoms with Gasteiger partial charge in [0.05, 0.1) is 4.90 Å². The van der Waals surface area contributed by atoms with Crippen LogP contribution in [0, 0.1) is 0 Å². The zero-order valence-electron chi connectivity index (χ0n) is 14.4. The molecule has 1 aliphatic heterocycles. The minimum atomic E-state index is -3.43. The number of hydrogen-bond donors (Lipinski definition) is 0. The first-order valence-corrected chi connectivity index (χ1v) is 10.00. The normalized spacial score (nSPS) is 16.0. The third-order valence-electron chi connectivity index (χ3n) is 4.31. The molecule has 0 bridgehead atoms. The Kier molecular flexibility index (Phi) is 6.57. The summed E-state index contributed by atoms with van der Waals surface area (Å²) in [6.45, 7) is 6.19. The Bertz CT molecular complexity index is 671. The number of nitrogens with zero attached hydrogens (tertiary/aromatic N) is 2. The van der Waals surface area contributed by atoms with Crippen LogP contribution in [0.4, 0.5) is 0 Å². The van der Waals surface area contributed by atoms with E-state index in [1.54, 1.807) is 36.4 Å². The summed E-state index contributed by atoms with van der Waals surface area (Å²) in [6, 6.07) is 6.66. The standard InChI is InChI=1S/C18H26N2O3S/c1-3-20(4-2)24(22,23)17-11-8-16(9-12-17)10-13-18(21)19-14-6-5-7-15-19/h8-13H,3-7,14-15H2,1-2H3/b13-10+. The molecule has 1 saturated heterocycles. The average molecular weight is 350 g/mol. The highest BCUT2D eigenvalue weighted by molar-refractivity contribution is 7.89. The minimum Gasteiger partial charge on any atom is -0.339 e. The van der Waals surface area contributed by atoms with E-state index in [-0.39, 0.29) is 10.8 Å². The molecule has 24 heavy (non-hydrogen) atoms. The van der Waals surface area contributed by atoms with Crippen LogP contribution in [0.1, 0.15) is 38.7 Å². The van der Waals surface area contributed by atoms with E-state index in [2.05, 4.69) is 0 Å². The van der Waals surface area contributed by atoms with Gasteiger partial charge in [-0.25, -0.2) is 8.42 Å². The number of benzene rings is 1. The summed E-state index contributed by atoms with van der Waals surface area (Å²) in [6.07, 6.45) is 6.63. The van der Waals surface area contributed by atoms with Crippen LogP contribution in [0.2, 0.25) is 0 Å². The van der Waals surface area contributed by atoms with Gasteiger partial charge in [0.25, 0.3) is 0 Å². The van der Waals surface area contributed by atoms with Crippen molar-refractivity contribution in [3.63, 3.8) is 0 Å². The third kappa shape index (κ3) is 4.45. The molecule has 1 heterocycles. The first-order chi connectivity index (χ1) is 11.5. The summed E-state index contributed by atoms with van der Waals surface area (Å²) < 4.78 is 26.3. The van der Waals surface area contributed by atoms with E-state index >= 15 is 0 Å². The molecule has 0 unspecified atom stereocenters. The molecule has 0 radical (unpaired) electrons. The zero-order valence-corrected chi connectivity index (χ0v) is 15.3. The van der Waals surface area contributed by atoms with E-state index < -0.39 is 10.0 Å². The Labute approximate surface area is 145 Å². The fourth-order valence-electron chi connectivity index (χ4n) is 2.85. The predicted octanol–water partition coefficient (Wildman–Crippen LogP) is 2.74. The molecular weight excluding hydrogens is 324 g/mol. The van der Waals surface area contributed by atoms with Gasteiger partial charge in [-0.1, -0.05) is 26.0 Å². The topological polar surface area (TPSA) is 57.7 Å². The van der Waals surface area contributed by atoms with Crippen molar-refractivity contribution in [1.82, 2.24) is 9.21 Å². The quantitative estimate of drug-likeness (QED) is 0.741. The first-order valence-electron chi connectivity index (χ1n) is 8.56. The molecule has 6 heteroatoms. The van der Waals surface area contributed by atoms with Crippen LogP contribution in [0.5, 0.6) is 0 Å². The smallest absolute Gasteiger partial charge is 0.246 e. The maximum atomic E-state index is 12.4. The number of rotatable bonds is 6. The van der Waals surface area contributed by atoms with Crippen LogP contribution in [-0.2, 0) is 14.8 Å². The van der Waals surface area contributed by atoms with Crippen molar-refractivity contribution in [3.8, 4) is 0 Å². The molecule has 0 spiro atoms. The monoisotopic (exact) mass is 350 g/mol. The first kappa shape index (κ1) is 18.7. The zero-order chi connectivity index (χ0) is 17.6. The molecule has 0 N–H and O–H groups in total. The van der Waals surface area contributed by atoms with Gasteiger partial charge < -0.3 is 4.90 Å². The molecule has 0 aromatic heterocycles. The van der Waals surface area contributed by atoms with E-state index in [1.165, 1.54) is 10.7 Å². The minimum absolute atomic E-state index is 0.0227. The van der Waals surface area contributed by atoms with Gasteiger partial charge in [-0.15, -0.1) is 0 Å². The highest BCUT2D eigenvalue weighted by Crippen LogP contribution is 2.17. The number of carbonyl (C=O) groups excluding carboxylic acids is 1. The molecule has 5 nitrogen and oxygen atoms in total. The van der Waals surface area contributed by atoms with Crippen LogP contribution in [-0.4, -0.2) is 49.7 Å². The largest absolute Gasteiger partial charge is 0.339 e. The van der Waals surface area contributed by atoms with Crippen molar-refractivity contribution in [2.45, 2.75) is 38.0 Å². The Balaban J connectivity index is 2.06. The van der Waals surface area contributed by atoms with Crippen molar-refractivity contribution in [1.29, 1.82) is 0 Å². The number of sulfonamides is 1. The maximum Gasteiger partial charge on any atom is 0.246 e. The average Bonchev–Trinajstić information content (AvgIpc) is 2.61. The highest BCUT2D eigenvalue weighted by Gasteiger charge is 2.21. The van der Waals surface area contributed by atoms with E-state index in [4.69, 9.17) is 0 Å². The van der Waals surface area contributed by atoms with Crippen LogP contribution in [0.25, 0.3) is 6.08 Å². The van der Waals surface area contributed by atoms with Crippen molar-refractivity contribution >= 4 is 22.0 Å². The molecular formula is C18H26N2O3S. The molecule has 132 valence electrons. The summed E-state index contributed by atoms with van der Waals surface area (Å²) in [5.41, 5.74) is 0.818. The molecule has 0 saturated carbocycles. The van der Waals surface area contributed by atoms with E-state index in [1.807, 2.05) is 18.7 Å².